The fourth-order valence-electron chi connectivity index (χ4n) is 3.56. The lowest BCUT2D eigenvalue weighted by Gasteiger charge is -2.07. The van der Waals surface area contributed by atoms with Crippen LogP contribution in [-0.2, 0) is 11.5 Å². The molecule has 172 valence electrons. The van der Waals surface area contributed by atoms with E-state index in [-0.39, 0.29) is 0 Å². The lowest BCUT2D eigenvalue weighted by molar-refractivity contribution is 0.482. The second-order valence-electron chi connectivity index (χ2n) is 7.86. The number of ether oxygens (including phenoxy) is 1. The zero-order chi connectivity index (χ0) is 23.5. The lowest BCUT2D eigenvalue weighted by atomic mass is 10.2. The van der Waals surface area contributed by atoms with Gasteiger partial charge in [-0.05, 0) is 59.7 Å². The van der Waals surface area contributed by atoms with Crippen LogP contribution in [0.15, 0.2) is 106 Å². The van der Waals surface area contributed by atoms with Crippen molar-refractivity contribution < 1.29 is 4.74 Å². The number of aromatic nitrogens is 2. The molecule has 0 amide bonds. The van der Waals surface area contributed by atoms with E-state index < -0.39 is 0 Å². The number of thioether (sulfide) groups is 2. The molecule has 0 radical (unpaired) electrons. The zero-order valence-electron chi connectivity index (χ0n) is 18.6. The van der Waals surface area contributed by atoms with Crippen molar-refractivity contribution in [2.45, 2.75) is 20.2 Å². The summed E-state index contributed by atoms with van der Waals surface area (Å²) in [4.78, 5) is 9.40. The minimum absolute atomic E-state index is 0.843. The summed E-state index contributed by atoms with van der Waals surface area (Å²) in [6, 6.07) is 33.2. The molecule has 0 N–H and O–H groups in total. The maximum Gasteiger partial charge on any atom is 0.151 e. The third kappa shape index (κ3) is 5.54. The van der Waals surface area contributed by atoms with Crippen LogP contribution in [0.25, 0.3) is 20.4 Å². The summed E-state index contributed by atoms with van der Waals surface area (Å²) in [7, 11) is 0. The van der Waals surface area contributed by atoms with Gasteiger partial charge in [-0.15, -0.1) is 22.7 Å². The molecule has 3 nitrogen and oxygen atoms in total. The van der Waals surface area contributed by atoms with E-state index in [1.165, 1.54) is 20.5 Å². The number of nitrogens with zero attached hydrogens (tertiary/aromatic N) is 2. The first-order valence-corrected chi connectivity index (χ1v) is 14.7. The Hall–Kier alpha value is -2.84. The Labute approximate surface area is 220 Å². The predicted octanol–water partition coefficient (Wildman–Crippen LogP) is 9.28. The molecule has 6 aromatic rings. The van der Waals surface area contributed by atoms with Gasteiger partial charge in [-0.1, -0.05) is 72.1 Å². The van der Waals surface area contributed by atoms with Crippen molar-refractivity contribution in [1.29, 1.82) is 0 Å². The molecular formula is C28H20N2OS4. The lowest BCUT2D eigenvalue weighted by Crippen LogP contribution is -1.87. The van der Waals surface area contributed by atoms with Crippen molar-refractivity contribution in [3.8, 4) is 11.5 Å². The molecule has 2 aromatic heterocycles. The van der Waals surface area contributed by atoms with E-state index in [9.17, 15) is 0 Å². The van der Waals surface area contributed by atoms with Crippen LogP contribution in [-0.4, -0.2) is 9.97 Å². The second-order valence-corrected chi connectivity index (χ2v) is 12.4. The first-order valence-electron chi connectivity index (χ1n) is 11.1. The topological polar surface area (TPSA) is 35.0 Å². The van der Waals surface area contributed by atoms with Gasteiger partial charge in [0, 0.05) is 11.5 Å². The van der Waals surface area contributed by atoms with Gasteiger partial charge >= 0.3 is 0 Å². The van der Waals surface area contributed by atoms with Crippen LogP contribution in [0.2, 0.25) is 0 Å². The maximum absolute atomic E-state index is 6.06. The molecule has 0 aliphatic heterocycles. The van der Waals surface area contributed by atoms with Crippen LogP contribution in [0.1, 0.15) is 11.1 Å². The molecule has 35 heavy (non-hydrogen) atoms. The van der Waals surface area contributed by atoms with Crippen LogP contribution < -0.4 is 4.74 Å². The first-order chi connectivity index (χ1) is 17.3. The van der Waals surface area contributed by atoms with Gasteiger partial charge in [0.05, 0.1) is 20.4 Å². The van der Waals surface area contributed by atoms with Crippen molar-refractivity contribution in [1.82, 2.24) is 9.97 Å². The molecule has 0 unspecified atom stereocenters. The van der Waals surface area contributed by atoms with Gasteiger partial charge in [-0.2, -0.15) is 0 Å². The largest absolute Gasteiger partial charge is 0.457 e. The van der Waals surface area contributed by atoms with E-state index in [2.05, 4.69) is 60.7 Å². The Bertz CT molecular complexity index is 1390. The number of hydrogen-bond donors (Lipinski definition) is 0. The van der Waals surface area contributed by atoms with Crippen molar-refractivity contribution in [2.75, 3.05) is 0 Å². The number of thiazole rings is 2. The summed E-state index contributed by atoms with van der Waals surface area (Å²) in [5.41, 5.74) is 4.66. The normalized spacial score (nSPS) is 11.3. The summed E-state index contributed by atoms with van der Waals surface area (Å²) in [6.45, 7) is 0. The highest BCUT2D eigenvalue weighted by atomic mass is 32.2. The minimum atomic E-state index is 0.843. The number of para-hydroxylation sites is 2. The smallest absolute Gasteiger partial charge is 0.151 e. The highest BCUT2D eigenvalue weighted by Gasteiger charge is 2.06. The monoisotopic (exact) mass is 528 g/mol. The number of fused-ring (bicyclic) bond motifs is 2. The van der Waals surface area contributed by atoms with E-state index >= 15 is 0 Å². The van der Waals surface area contributed by atoms with Crippen molar-refractivity contribution in [3.63, 3.8) is 0 Å². The SMILES string of the molecule is c1ccc2sc(SCc3ccc(Oc4ccc(CSc5nc6ccccc6s5)cc4)cc3)nc2c1. The average Bonchev–Trinajstić information content (AvgIpc) is 3.51. The van der Waals surface area contributed by atoms with Crippen molar-refractivity contribution in [2.24, 2.45) is 0 Å². The van der Waals surface area contributed by atoms with Gasteiger partial charge in [0.25, 0.3) is 0 Å². The third-order valence-corrected chi connectivity index (χ3v) is 9.86. The molecule has 0 saturated heterocycles. The Morgan fingerprint density at radius 2 is 0.971 bits per heavy atom. The molecule has 4 aromatic carbocycles. The fraction of sp³-hybridized carbons (Fsp3) is 0.0714. The number of benzene rings is 4. The Balaban J connectivity index is 1.02. The quantitative estimate of drug-likeness (QED) is 0.184. The predicted molar refractivity (Wildman–Crippen MR) is 151 cm³/mol. The summed E-state index contributed by atoms with van der Waals surface area (Å²) in [6.07, 6.45) is 0. The summed E-state index contributed by atoms with van der Waals surface area (Å²) in [5, 5.41) is 0. The van der Waals surface area contributed by atoms with Crippen LogP contribution in [0.3, 0.4) is 0 Å². The van der Waals surface area contributed by atoms with E-state index in [0.29, 0.717) is 0 Å². The van der Waals surface area contributed by atoms with E-state index in [0.717, 1.165) is 42.7 Å². The summed E-state index contributed by atoms with van der Waals surface area (Å²) >= 11 is 7.05. The van der Waals surface area contributed by atoms with Gasteiger partial charge < -0.3 is 4.74 Å². The molecule has 0 bridgehead atoms. The minimum Gasteiger partial charge on any atom is -0.457 e. The summed E-state index contributed by atoms with van der Waals surface area (Å²) in [5.74, 6) is 3.47. The van der Waals surface area contributed by atoms with E-state index in [1.54, 1.807) is 46.2 Å². The maximum atomic E-state index is 6.06. The number of hydrogen-bond acceptors (Lipinski definition) is 7. The molecule has 0 saturated carbocycles. The van der Waals surface area contributed by atoms with Gasteiger partial charge in [-0.3, -0.25) is 0 Å². The van der Waals surface area contributed by atoms with Crippen molar-refractivity contribution in [3.05, 3.63) is 108 Å². The standard InChI is InChI=1S/C28H20N2OS4/c1-3-7-25-23(5-1)29-27(34-25)32-17-19-9-13-21(14-10-19)31-22-15-11-20(12-16-22)18-33-28-30-24-6-2-4-8-26(24)35-28/h1-16H,17-18H2. The molecule has 6 rings (SSSR count). The first kappa shape index (κ1) is 22.6. The van der Waals surface area contributed by atoms with Gasteiger partial charge in [0.2, 0.25) is 0 Å². The molecule has 2 heterocycles. The van der Waals surface area contributed by atoms with Gasteiger partial charge in [-0.25, -0.2) is 9.97 Å². The molecule has 7 heteroatoms. The summed E-state index contributed by atoms with van der Waals surface area (Å²) < 4.78 is 10.7. The fourth-order valence-corrected chi connectivity index (χ4v) is 7.61. The van der Waals surface area contributed by atoms with Crippen LogP contribution >= 0.6 is 46.2 Å². The van der Waals surface area contributed by atoms with Gasteiger partial charge in [0.15, 0.2) is 8.68 Å². The molecule has 0 aliphatic rings. The number of rotatable bonds is 8. The Morgan fingerprint density at radius 1 is 0.543 bits per heavy atom. The highest BCUT2D eigenvalue weighted by Crippen LogP contribution is 2.33. The third-order valence-electron chi connectivity index (χ3n) is 5.36. The average molecular weight is 529 g/mol. The second kappa shape index (κ2) is 10.4. The molecule has 0 atom stereocenters. The van der Waals surface area contributed by atoms with Gasteiger partial charge in [0.1, 0.15) is 11.5 Å². The van der Waals surface area contributed by atoms with Crippen molar-refractivity contribution >= 4 is 66.6 Å². The molecule has 0 spiro atoms. The van der Waals surface area contributed by atoms with Crippen LogP contribution in [0, 0.1) is 0 Å². The molecular weight excluding hydrogens is 509 g/mol. The Kier molecular flexibility index (Phi) is 6.73. The van der Waals surface area contributed by atoms with Crippen LogP contribution in [0.5, 0.6) is 11.5 Å². The Morgan fingerprint density at radius 3 is 1.40 bits per heavy atom. The molecule has 0 aliphatic carbocycles. The van der Waals surface area contributed by atoms with Crippen LogP contribution in [0.4, 0.5) is 0 Å². The zero-order valence-corrected chi connectivity index (χ0v) is 21.9. The highest BCUT2D eigenvalue weighted by molar-refractivity contribution is 8.00. The van der Waals surface area contributed by atoms with E-state index in [4.69, 9.17) is 14.7 Å². The molecule has 0 fully saturated rings. The van der Waals surface area contributed by atoms with E-state index in [1.807, 2.05) is 36.4 Å².